The molecular formula is C44H26Se2. The Bertz CT molecular complexity index is 2630. The van der Waals surface area contributed by atoms with Gasteiger partial charge in [0, 0.05) is 0 Å². The van der Waals surface area contributed by atoms with E-state index in [1.807, 2.05) is 0 Å². The monoisotopic (exact) mass is 714 g/mol. The van der Waals surface area contributed by atoms with Gasteiger partial charge in [-0.3, -0.25) is 0 Å². The van der Waals surface area contributed by atoms with Crippen molar-refractivity contribution in [1.29, 1.82) is 0 Å². The van der Waals surface area contributed by atoms with Crippen molar-refractivity contribution in [3.8, 4) is 33.4 Å². The molecule has 0 aliphatic heterocycles. The van der Waals surface area contributed by atoms with E-state index in [0.717, 1.165) is 0 Å². The number of hydrogen-bond donors (Lipinski definition) is 0. The first kappa shape index (κ1) is 26.5. The Morgan fingerprint density at radius 3 is 1.22 bits per heavy atom. The summed E-state index contributed by atoms with van der Waals surface area (Å²) in [4.78, 5) is 0. The topological polar surface area (TPSA) is 0 Å². The summed E-state index contributed by atoms with van der Waals surface area (Å²) in [5, 5.41) is 10.9. The van der Waals surface area contributed by atoms with Crippen LogP contribution >= 0.6 is 0 Å². The molecule has 10 rings (SSSR count). The van der Waals surface area contributed by atoms with Crippen LogP contribution in [-0.2, 0) is 0 Å². The van der Waals surface area contributed by atoms with Crippen molar-refractivity contribution in [2.45, 2.75) is 0 Å². The van der Waals surface area contributed by atoms with Crippen LogP contribution in [0.1, 0.15) is 0 Å². The number of hydrogen-bond acceptors (Lipinski definition) is 0. The van der Waals surface area contributed by atoms with Crippen molar-refractivity contribution in [1.82, 2.24) is 0 Å². The quantitative estimate of drug-likeness (QED) is 0.126. The molecule has 2 heterocycles. The fourth-order valence-corrected chi connectivity index (χ4v) is 12.6. The number of rotatable bonds is 3. The Labute approximate surface area is 278 Å². The average Bonchev–Trinajstić information content (AvgIpc) is 3.69. The molecule has 46 heavy (non-hydrogen) atoms. The minimum atomic E-state index is 0.274. The van der Waals surface area contributed by atoms with E-state index < -0.39 is 0 Å². The average molecular weight is 713 g/mol. The molecule has 2 aromatic heterocycles. The van der Waals surface area contributed by atoms with Crippen LogP contribution in [0.4, 0.5) is 0 Å². The molecule has 2 heteroatoms. The second kappa shape index (κ2) is 10.4. The summed E-state index contributed by atoms with van der Waals surface area (Å²) in [5.74, 6) is 0. The van der Waals surface area contributed by atoms with Crippen LogP contribution in [0.5, 0.6) is 0 Å². The third kappa shape index (κ3) is 3.92. The molecule has 0 fully saturated rings. The zero-order valence-corrected chi connectivity index (χ0v) is 28.3. The van der Waals surface area contributed by atoms with Gasteiger partial charge in [0.05, 0.1) is 0 Å². The van der Waals surface area contributed by atoms with E-state index >= 15 is 0 Å². The SMILES string of the molecule is c1ccc(-c2c3cccc(-c4cccc5c4[se]c4ccccc45)c3cc3c(-c4cccc5c4[se]c4ccccc45)cccc23)cc1. The van der Waals surface area contributed by atoms with Gasteiger partial charge in [0.25, 0.3) is 0 Å². The summed E-state index contributed by atoms with van der Waals surface area (Å²) in [7, 11) is 0. The van der Waals surface area contributed by atoms with Crippen molar-refractivity contribution in [2.24, 2.45) is 0 Å². The second-order valence-corrected chi connectivity index (χ2v) is 16.4. The van der Waals surface area contributed by atoms with Gasteiger partial charge in [0.1, 0.15) is 0 Å². The van der Waals surface area contributed by atoms with Crippen LogP contribution in [0, 0.1) is 0 Å². The minimum absolute atomic E-state index is 0.274. The molecule has 0 radical (unpaired) electrons. The summed E-state index contributed by atoms with van der Waals surface area (Å²) in [6.45, 7) is 0. The van der Waals surface area contributed by atoms with Crippen molar-refractivity contribution < 1.29 is 0 Å². The van der Waals surface area contributed by atoms with Gasteiger partial charge in [0.2, 0.25) is 0 Å². The zero-order valence-electron chi connectivity index (χ0n) is 24.8. The van der Waals surface area contributed by atoms with Gasteiger partial charge in [-0.15, -0.1) is 0 Å². The van der Waals surface area contributed by atoms with Crippen LogP contribution in [0.15, 0.2) is 158 Å². The van der Waals surface area contributed by atoms with Gasteiger partial charge < -0.3 is 0 Å². The van der Waals surface area contributed by atoms with E-state index in [1.165, 1.54) is 93.5 Å². The second-order valence-electron chi connectivity index (χ2n) is 12.0. The van der Waals surface area contributed by atoms with Crippen LogP contribution in [-0.4, -0.2) is 29.0 Å². The molecule has 8 aromatic carbocycles. The molecule has 0 saturated carbocycles. The van der Waals surface area contributed by atoms with E-state index in [2.05, 4.69) is 158 Å². The summed E-state index contributed by atoms with van der Waals surface area (Å²) in [6, 6.07) is 59.1. The molecule has 0 bridgehead atoms. The molecule has 0 amide bonds. The van der Waals surface area contributed by atoms with Crippen LogP contribution in [0.2, 0.25) is 0 Å². The Morgan fingerprint density at radius 2 is 0.696 bits per heavy atom. The van der Waals surface area contributed by atoms with Gasteiger partial charge in [-0.25, -0.2) is 0 Å². The Hall–Kier alpha value is -4.68. The van der Waals surface area contributed by atoms with Crippen LogP contribution < -0.4 is 0 Å². The third-order valence-electron chi connectivity index (χ3n) is 9.49. The van der Waals surface area contributed by atoms with Gasteiger partial charge >= 0.3 is 280 Å². The maximum atomic E-state index is 2.50. The van der Waals surface area contributed by atoms with Crippen molar-refractivity contribution in [3.63, 3.8) is 0 Å². The summed E-state index contributed by atoms with van der Waals surface area (Å²) in [5.41, 5.74) is 7.97. The maximum absolute atomic E-state index is 2.50. The summed E-state index contributed by atoms with van der Waals surface area (Å²) >= 11 is 0.549. The standard InChI is InChI=1S/C44H26Se2/c1-2-12-27(13-3-1)42-32-18-8-16-28(34-20-10-22-36-30-14-4-6-24-40(30)45-43(34)36)38(32)26-39-29(17-9-19-33(39)42)35-21-11-23-37-31-15-5-7-25-41(31)46-44(35)37/h1-26H. The zero-order chi connectivity index (χ0) is 30.2. The van der Waals surface area contributed by atoms with Crippen LogP contribution in [0.25, 0.3) is 93.5 Å². The predicted octanol–water partition coefficient (Wildman–Crippen LogP) is 11.7. The molecule has 0 atom stereocenters. The van der Waals surface area contributed by atoms with E-state index in [9.17, 15) is 0 Å². The Balaban J connectivity index is 1.34. The number of benzene rings is 8. The molecular weight excluding hydrogens is 686 g/mol. The number of fused-ring (bicyclic) bond motifs is 8. The summed E-state index contributed by atoms with van der Waals surface area (Å²) < 4.78 is 5.96. The van der Waals surface area contributed by atoms with E-state index in [4.69, 9.17) is 0 Å². The van der Waals surface area contributed by atoms with Crippen molar-refractivity contribution in [3.05, 3.63) is 158 Å². The molecule has 0 saturated heterocycles. The fourth-order valence-electron chi connectivity index (χ4n) is 7.47. The molecule has 0 unspecified atom stereocenters. The van der Waals surface area contributed by atoms with E-state index in [1.54, 1.807) is 0 Å². The van der Waals surface area contributed by atoms with Crippen molar-refractivity contribution in [2.75, 3.05) is 0 Å². The van der Waals surface area contributed by atoms with Gasteiger partial charge in [0.15, 0.2) is 0 Å². The first-order valence-electron chi connectivity index (χ1n) is 15.7. The van der Waals surface area contributed by atoms with Crippen molar-refractivity contribution >= 4 is 89.1 Å². The molecule has 214 valence electrons. The molecule has 0 nitrogen and oxygen atoms in total. The molecule has 10 aromatic rings. The van der Waals surface area contributed by atoms with Gasteiger partial charge in [-0.05, 0) is 0 Å². The first-order chi connectivity index (χ1) is 22.8. The Morgan fingerprint density at radius 1 is 0.283 bits per heavy atom. The third-order valence-corrected chi connectivity index (χ3v) is 14.6. The summed E-state index contributed by atoms with van der Waals surface area (Å²) in [6.07, 6.45) is 0. The van der Waals surface area contributed by atoms with E-state index in [-0.39, 0.29) is 29.0 Å². The van der Waals surface area contributed by atoms with Crippen LogP contribution in [0.3, 0.4) is 0 Å². The fraction of sp³-hybridized carbons (Fsp3) is 0. The predicted molar refractivity (Wildman–Crippen MR) is 202 cm³/mol. The first-order valence-corrected chi connectivity index (χ1v) is 19.1. The van der Waals surface area contributed by atoms with Gasteiger partial charge in [-0.1, -0.05) is 0 Å². The molecule has 0 N–H and O–H groups in total. The van der Waals surface area contributed by atoms with Gasteiger partial charge in [-0.2, -0.15) is 0 Å². The Kier molecular flexibility index (Phi) is 6.01. The molecule has 0 aliphatic carbocycles. The normalized spacial score (nSPS) is 11.9. The molecule has 0 spiro atoms. The molecule has 0 aliphatic rings. The van der Waals surface area contributed by atoms with E-state index in [0.29, 0.717) is 0 Å².